The molecule has 1 aromatic carbocycles. The highest BCUT2D eigenvalue weighted by molar-refractivity contribution is 7.84. The number of aliphatic hydroxyl groups excluding tert-OH is 1. The van der Waals surface area contributed by atoms with Gasteiger partial charge < -0.3 is 34.1 Å². The van der Waals surface area contributed by atoms with Gasteiger partial charge in [0, 0.05) is 79.9 Å². The Morgan fingerprint density at radius 1 is 0.986 bits per heavy atom. The molecule has 7 rings (SSSR count). The van der Waals surface area contributed by atoms with Crippen LogP contribution in [0.3, 0.4) is 0 Å². The van der Waals surface area contributed by atoms with Crippen molar-refractivity contribution in [1.29, 1.82) is 0 Å². The third-order valence-electron chi connectivity index (χ3n) is 13.3. The number of ether oxygens (including phenoxy) is 3. The van der Waals surface area contributed by atoms with Crippen LogP contribution in [-0.4, -0.2) is 140 Å². The van der Waals surface area contributed by atoms with E-state index in [0.717, 1.165) is 43.2 Å². The van der Waals surface area contributed by atoms with Gasteiger partial charge in [0.1, 0.15) is 35.3 Å². The smallest absolute Gasteiger partial charge is 0.408 e. The number of fused-ring (bicyclic) bond motifs is 1. The van der Waals surface area contributed by atoms with Crippen LogP contribution >= 0.6 is 11.3 Å². The lowest BCUT2D eigenvalue weighted by molar-refractivity contribution is -0.150. The van der Waals surface area contributed by atoms with E-state index < -0.39 is 81.7 Å². The average molecular weight is 1060 g/mol. The summed E-state index contributed by atoms with van der Waals surface area (Å²) in [5, 5.41) is 17.2. The largest absolute Gasteiger partial charge is 0.468 e. The average Bonchev–Trinajstić information content (AvgIpc) is 4.01. The zero-order chi connectivity index (χ0) is 53.4. The first kappa shape index (κ1) is 56.0. The molecule has 2 amide bonds. The number of amides is 2. The van der Waals surface area contributed by atoms with Crippen LogP contribution in [0.25, 0.3) is 33.4 Å². The highest BCUT2D eigenvalue weighted by atomic mass is 32.2. The Morgan fingerprint density at radius 2 is 1.68 bits per heavy atom. The number of carbonyl (C=O) groups is 3. The minimum atomic E-state index is -4.63. The first-order valence-corrected chi connectivity index (χ1v) is 26.9. The Morgan fingerprint density at radius 3 is 2.29 bits per heavy atom. The number of hydrazine groups is 1. The van der Waals surface area contributed by atoms with Gasteiger partial charge in [-0.25, -0.2) is 24.1 Å². The van der Waals surface area contributed by atoms with Crippen molar-refractivity contribution in [3.05, 3.63) is 52.1 Å². The number of methoxy groups -OCH3 is 2. The van der Waals surface area contributed by atoms with Crippen molar-refractivity contribution >= 4 is 56.9 Å². The van der Waals surface area contributed by atoms with Gasteiger partial charge in [-0.05, 0) is 110 Å². The lowest BCUT2D eigenvalue weighted by Gasteiger charge is -2.37. The summed E-state index contributed by atoms with van der Waals surface area (Å²) >= 11 is 1.13. The van der Waals surface area contributed by atoms with Crippen molar-refractivity contribution in [2.24, 2.45) is 5.41 Å². The second-order valence-electron chi connectivity index (χ2n) is 22.0. The Kier molecular flexibility index (Phi) is 17.1. The predicted molar refractivity (Wildman–Crippen MR) is 276 cm³/mol. The zero-order valence-corrected chi connectivity index (χ0v) is 45.4. The number of anilines is 1. The van der Waals surface area contributed by atoms with Gasteiger partial charge in [0.05, 0.1) is 57.9 Å². The number of benzene rings is 1. The summed E-state index contributed by atoms with van der Waals surface area (Å²) in [7, 11) is 0.944. The van der Waals surface area contributed by atoms with Gasteiger partial charge >= 0.3 is 18.2 Å². The number of halogens is 3. The number of pyridine rings is 1. The summed E-state index contributed by atoms with van der Waals surface area (Å²) in [6.45, 7) is 17.6. The van der Waals surface area contributed by atoms with Crippen molar-refractivity contribution < 1.29 is 51.1 Å². The maximum Gasteiger partial charge on any atom is 0.408 e. The molecule has 0 spiro atoms. The Labute approximate surface area is 432 Å². The summed E-state index contributed by atoms with van der Waals surface area (Å²) < 4.78 is 79.0. The molecule has 402 valence electrons. The van der Waals surface area contributed by atoms with Crippen molar-refractivity contribution in [3.63, 3.8) is 0 Å². The van der Waals surface area contributed by atoms with E-state index in [2.05, 4.69) is 25.3 Å². The summed E-state index contributed by atoms with van der Waals surface area (Å²) in [4.78, 5) is 55.6. The molecule has 2 aliphatic heterocycles. The third-order valence-corrected chi connectivity index (χ3v) is 15.8. The topological polar surface area (TPSA) is 193 Å². The number of aliphatic hydroxyl groups is 1. The predicted octanol–water partition coefficient (Wildman–Crippen LogP) is 7.60. The van der Waals surface area contributed by atoms with Gasteiger partial charge in [-0.15, -0.1) is 11.3 Å². The Balaban J connectivity index is 1.38. The molecule has 1 saturated carbocycles. The third kappa shape index (κ3) is 13.6. The molecule has 0 unspecified atom stereocenters. The van der Waals surface area contributed by atoms with E-state index in [1.165, 1.54) is 36.6 Å². The molecule has 1 aliphatic carbocycles. The standard InChI is InChI=1S/C51H72F3N9O8S2/c1-30(69-10)40-35(24-33(26-55-40)61-21-19-60(20-22-61)32-15-16-32)43-36(25-50(8,9)29-64)34-23-31(14-17-39(34)62(43)28-51(52,53)54)38-27-72-44(56-38)41(59-73(68)49(5,6)7)42(57-47(67)71-48(2,3)4)45(65)63-18-12-13-37(58-63)46(66)70-11/h14,17,23-24,26-27,30,32,37,41-42,58-59,64H,12-13,15-16,18-22,25,28-29H2,1-11H3,(H,57,67)/t30-,37-,41-,42-,73-/m0/s1. The van der Waals surface area contributed by atoms with E-state index in [4.69, 9.17) is 24.2 Å². The minimum absolute atomic E-state index is 0.173. The molecular weight excluding hydrogens is 988 g/mol. The Bertz CT molecular complexity index is 2650. The second-order valence-corrected chi connectivity index (χ2v) is 24.9. The molecule has 17 nitrogen and oxygen atoms in total. The van der Waals surface area contributed by atoms with Crippen LogP contribution in [0, 0.1) is 5.41 Å². The van der Waals surface area contributed by atoms with Crippen molar-refractivity contribution in [1.82, 2.24) is 39.9 Å². The van der Waals surface area contributed by atoms with E-state index in [-0.39, 0.29) is 24.6 Å². The lowest BCUT2D eigenvalue weighted by atomic mass is 9.84. The van der Waals surface area contributed by atoms with E-state index in [1.54, 1.807) is 71.3 Å². The second kappa shape index (κ2) is 22.2. The van der Waals surface area contributed by atoms with Gasteiger partial charge in [0.2, 0.25) is 0 Å². The van der Waals surface area contributed by atoms with Crippen LogP contribution in [0.1, 0.15) is 116 Å². The number of nitrogens with zero attached hydrogens (tertiary/aromatic N) is 6. The van der Waals surface area contributed by atoms with Crippen LogP contribution < -0.4 is 20.4 Å². The number of alkyl halides is 3. The van der Waals surface area contributed by atoms with Gasteiger partial charge in [-0.3, -0.25) is 24.5 Å². The number of piperazine rings is 1. The fourth-order valence-electron chi connectivity index (χ4n) is 9.26. The number of nitrogens with one attached hydrogen (secondary N) is 3. The molecule has 3 aromatic heterocycles. The number of hydrogen-bond donors (Lipinski definition) is 4. The molecular formula is C51H72F3N9O8S2. The number of aromatic nitrogens is 3. The quantitative estimate of drug-likeness (QED) is 0.0757. The van der Waals surface area contributed by atoms with Crippen LogP contribution in [0.4, 0.5) is 23.7 Å². The fourth-order valence-corrected chi connectivity index (χ4v) is 11.1. The summed E-state index contributed by atoms with van der Waals surface area (Å²) in [5.74, 6) is -1.24. The molecule has 4 aromatic rings. The molecule has 2 saturated heterocycles. The Hall–Kier alpha value is -4.71. The maximum absolute atomic E-state index is 15.0. The molecule has 5 heterocycles. The van der Waals surface area contributed by atoms with Gasteiger partial charge in [-0.2, -0.15) is 13.2 Å². The number of alkyl carbamates (subject to hydrolysis) is 1. The minimum Gasteiger partial charge on any atom is -0.468 e. The van der Waals surface area contributed by atoms with Gasteiger partial charge in [-0.1, -0.05) is 19.9 Å². The zero-order valence-electron chi connectivity index (χ0n) is 43.8. The van der Waals surface area contributed by atoms with Crippen LogP contribution in [0.15, 0.2) is 35.8 Å². The molecule has 5 atom stereocenters. The molecule has 3 aliphatic rings. The van der Waals surface area contributed by atoms with E-state index in [0.29, 0.717) is 63.6 Å². The molecule has 0 radical (unpaired) electrons. The SMILES string of the molecule is COC(=O)[C@@H]1CCCN(C(=O)[C@@H](NC(=O)OC(C)(C)C)[C@H](N[S@@](=O)C(C)(C)C)c2nc(-c3ccc4c(c3)c(CC(C)(C)CO)c(-c3cc(N5CCN(C6CC6)CC5)cnc3[C@H](C)OC)n4CC(F)(F)F)cs2)N1. The van der Waals surface area contributed by atoms with E-state index >= 15 is 13.2 Å². The molecule has 73 heavy (non-hydrogen) atoms. The highest BCUT2D eigenvalue weighted by Gasteiger charge is 2.42. The number of esters is 1. The monoisotopic (exact) mass is 1060 g/mol. The van der Waals surface area contributed by atoms with Crippen molar-refractivity contribution in [2.45, 2.75) is 148 Å². The molecule has 22 heteroatoms. The summed E-state index contributed by atoms with van der Waals surface area (Å²) in [6.07, 6.45) is -0.979. The van der Waals surface area contributed by atoms with Gasteiger partial charge in [0.15, 0.2) is 0 Å². The number of hydrogen-bond acceptors (Lipinski definition) is 14. The first-order chi connectivity index (χ1) is 34.2. The van der Waals surface area contributed by atoms with Crippen LogP contribution in [-0.2, 0) is 47.8 Å². The molecule has 0 bridgehead atoms. The van der Waals surface area contributed by atoms with Gasteiger partial charge in [0.25, 0.3) is 5.91 Å². The van der Waals surface area contributed by atoms with Crippen LogP contribution in [0.5, 0.6) is 0 Å². The number of carbonyl (C=O) groups excluding carboxylic acids is 3. The van der Waals surface area contributed by atoms with Crippen LogP contribution in [0.2, 0.25) is 0 Å². The fraction of sp³-hybridized carbons (Fsp3) is 0.627. The normalized spacial score (nSPS) is 19.1. The number of thiazole rings is 1. The molecule has 4 N–H and O–H groups in total. The first-order valence-electron chi connectivity index (χ1n) is 24.8. The van der Waals surface area contributed by atoms with Crippen molar-refractivity contribution in [2.75, 3.05) is 58.5 Å². The van der Waals surface area contributed by atoms with E-state index in [1.807, 2.05) is 26.8 Å². The van der Waals surface area contributed by atoms with Crippen molar-refractivity contribution in [3.8, 4) is 22.5 Å². The summed E-state index contributed by atoms with van der Waals surface area (Å²) in [5.41, 5.74) is 5.06. The number of rotatable bonds is 17. The lowest BCUT2D eigenvalue weighted by Crippen LogP contribution is -2.62. The summed E-state index contributed by atoms with van der Waals surface area (Å²) in [6, 6.07) is 4.10. The molecule has 3 fully saturated rings. The maximum atomic E-state index is 15.0. The van der Waals surface area contributed by atoms with E-state index in [9.17, 15) is 23.7 Å². The highest BCUT2D eigenvalue weighted by Crippen LogP contribution is 2.44.